The number of aliphatic hydroxyl groups excluding tert-OH is 1. The van der Waals surface area contributed by atoms with Gasteiger partial charge in [-0.25, -0.2) is 0 Å². The summed E-state index contributed by atoms with van der Waals surface area (Å²) in [6.07, 6.45) is 7.90. The lowest BCUT2D eigenvalue weighted by molar-refractivity contribution is 0.214. The van der Waals surface area contributed by atoms with Crippen LogP contribution in [0.3, 0.4) is 0 Å². The van der Waals surface area contributed by atoms with E-state index in [0.29, 0.717) is 6.54 Å². The molecule has 0 aromatic rings. The average Bonchev–Trinajstić information content (AvgIpc) is 2.23. The molecule has 1 aliphatic carbocycles. The lowest BCUT2D eigenvalue weighted by Gasteiger charge is -2.24. The maximum absolute atomic E-state index is 9.65. The number of aliphatic imine (C=N–C) groups is 1. The first kappa shape index (κ1) is 12.4. The summed E-state index contributed by atoms with van der Waals surface area (Å²) >= 11 is 6.18. The van der Waals surface area contributed by atoms with Crippen LogP contribution in [0.15, 0.2) is 29.3 Å². The maximum Gasteiger partial charge on any atom is 0.127 e. The molecule has 0 amide bonds. The molecule has 2 unspecified atom stereocenters. The van der Waals surface area contributed by atoms with E-state index in [1.807, 2.05) is 13.0 Å². The Morgan fingerprint density at radius 2 is 2.40 bits per heavy atom. The number of allylic oxidation sites excluding steroid dienone is 2. The molecule has 3 nitrogen and oxygen atoms in total. The largest absolute Gasteiger partial charge is 0.386 e. The fourth-order valence-electron chi connectivity index (χ4n) is 1.26. The van der Waals surface area contributed by atoms with Crippen LogP contribution >= 0.6 is 11.6 Å². The van der Waals surface area contributed by atoms with E-state index in [1.165, 1.54) is 0 Å². The fourth-order valence-corrected chi connectivity index (χ4v) is 1.48. The minimum absolute atomic E-state index is 0.673. The van der Waals surface area contributed by atoms with Gasteiger partial charge in [-0.05, 0) is 6.54 Å². The van der Waals surface area contributed by atoms with Crippen LogP contribution in [-0.2, 0) is 0 Å². The van der Waals surface area contributed by atoms with Crippen molar-refractivity contribution in [1.29, 1.82) is 0 Å². The number of likely N-dealkylation sites (N-methyl/N-ethyl adjacent to an activating group) is 1. The summed E-state index contributed by atoms with van der Waals surface area (Å²) in [7, 11) is 0. The van der Waals surface area contributed by atoms with E-state index in [1.54, 1.807) is 24.4 Å². The van der Waals surface area contributed by atoms with E-state index in [9.17, 15) is 5.11 Å². The second kappa shape index (κ2) is 6.05. The van der Waals surface area contributed by atoms with E-state index in [0.717, 1.165) is 13.1 Å². The number of aliphatic hydroxyl groups is 1. The van der Waals surface area contributed by atoms with Crippen molar-refractivity contribution in [3.8, 4) is 0 Å². The molecule has 1 rings (SSSR count). The zero-order valence-electron chi connectivity index (χ0n) is 8.86. The first-order chi connectivity index (χ1) is 7.19. The van der Waals surface area contributed by atoms with Crippen molar-refractivity contribution in [2.45, 2.75) is 17.9 Å². The van der Waals surface area contributed by atoms with E-state index >= 15 is 0 Å². The molecular formula is C11H17ClN2O. The molecule has 0 bridgehead atoms. The molecule has 0 heterocycles. The Morgan fingerprint density at radius 1 is 1.60 bits per heavy atom. The topological polar surface area (TPSA) is 44.6 Å². The van der Waals surface area contributed by atoms with E-state index in [2.05, 4.69) is 10.3 Å². The summed E-state index contributed by atoms with van der Waals surface area (Å²) in [5, 5.41) is 12.8. The molecule has 0 fully saturated rings. The van der Waals surface area contributed by atoms with Gasteiger partial charge in [0.2, 0.25) is 0 Å². The standard InChI is InChI=1S/C11H17ClN2O/c1-2-13-7-8-14-9-11(12)6-4-3-5-10(11)15/h3-6,9-10,13,15H,2,7-8H2,1H3. The second-order valence-corrected chi connectivity index (χ2v) is 4.06. The third-order valence-corrected chi connectivity index (χ3v) is 2.61. The van der Waals surface area contributed by atoms with Crippen LogP contribution in [0.2, 0.25) is 0 Å². The lowest BCUT2D eigenvalue weighted by atomic mass is 9.98. The predicted octanol–water partition coefficient (Wildman–Crippen LogP) is 1.13. The molecule has 0 saturated heterocycles. The molecule has 2 N–H and O–H groups in total. The zero-order chi connectivity index (χ0) is 11.1. The van der Waals surface area contributed by atoms with Crippen molar-refractivity contribution >= 4 is 17.8 Å². The summed E-state index contributed by atoms with van der Waals surface area (Å²) < 4.78 is 0. The lowest BCUT2D eigenvalue weighted by Crippen LogP contribution is -2.36. The van der Waals surface area contributed by atoms with Crippen molar-refractivity contribution in [3.63, 3.8) is 0 Å². The summed E-state index contributed by atoms with van der Waals surface area (Å²) in [6, 6.07) is 0. The predicted molar refractivity (Wildman–Crippen MR) is 64.8 cm³/mol. The molecule has 15 heavy (non-hydrogen) atoms. The van der Waals surface area contributed by atoms with Gasteiger partial charge in [0.15, 0.2) is 0 Å². The van der Waals surface area contributed by atoms with Crippen LogP contribution in [-0.4, -0.2) is 41.9 Å². The molecule has 0 aromatic heterocycles. The average molecular weight is 229 g/mol. The Labute approximate surface area is 95.5 Å². The van der Waals surface area contributed by atoms with Crippen molar-refractivity contribution in [3.05, 3.63) is 24.3 Å². The highest BCUT2D eigenvalue weighted by molar-refractivity contribution is 6.34. The van der Waals surface area contributed by atoms with Crippen molar-refractivity contribution in [1.82, 2.24) is 5.32 Å². The quantitative estimate of drug-likeness (QED) is 0.421. The molecule has 84 valence electrons. The number of hydrogen-bond donors (Lipinski definition) is 2. The van der Waals surface area contributed by atoms with Gasteiger partial charge in [0.25, 0.3) is 0 Å². The number of rotatable bonds is 5. The summed E-state index contributed by atoms with van der Waals surface area (Å²) in [4.78, 5) is 3.32. The first-order valence-electron chi connectivity index (χ1n) is 5.14. The van der Waals surface area contributed by atoms with Crippen LogP contribution < -0.4 is 5.32 Å². The normalized spacial score (nSPS) is 30.2. The molecule has 4 heteroatoms. The van der Waals surface area contributed by atoms with Crippen LogP contribution in [0.5, 0.6) is 0 Å². The minimum Gasteiger partial charge on any atom is -0.386 e. The first-order valence-corrected chi connectivity index (χ1v) is 5.51. The van der Waals surface area contributed by atoms with Gasteiger partial charge in [0.05, 0.1) is 6.54 Å². The third-order valence-electron chi connectivity index (χ3n) is 2.17. The maximum atomic E-state index is 9.65. The van der Waals surface area contributed by atoms with Gasteiger partial charge in [0, 0.05) is 12.8 Å². The highest BCUT2D eigenvalue weighted by Gasteiger charge is 2.30. The number of nitrogens with one attached hydrogen (secondary N) is 1. The number of hydrogen-bond acceptors (Lipinski definition) is 3. The minimum atomic E-state index is -0.874. The Hall–Kier alpha value is -0.640. The number of alkyl halides is 1. The smallest absolute Gasteiger partial charge is 0.127 e. The highest BCUT2D eigenvalue weighted by atomic mass is 35.5. The highest BCUT2D eigenvalue weighted by Crippen LogP contribution is 2.23. The Kier molecular flexibility index (Phi) is 5.02. The number of halogens is 1. The van der Waals surface area contributed by atoms with Gasteiger partial charge in [-0.15, -0.1) is 11.6 Å². The van der Waals surface area contributed by atoms with Crippen LogP contribution in [0.1, 0.15) is 6.92 Å². The van der Waals surface area contributed by atoms with Crippen molar-refractivity contribution in [2.75, 3.05) is 19.6 Å². The van der Waals surface area contributed by atoms with Crippen LogP contribution in [0, 0.1) is 0 Å². The Morgan fingerprint density at radius 3 is 3.07 bits per heavy atom. The summed E-state index contributed by atoms with van der Waals surface area (Å²) in [5.74, 6) is 0. The fraction of sp³-hybridized carbons (Fsp3) is 0.545. The molecular weight excluding hydrogens is 212 g/mol. The molecule has 1 aliphatic rings. The monoisotopic (exact) mass is 228 g/mol. The Bertz CT molecular complexity index is 276. The van der Waals surface area contributed by atoms with Crippen LogP contribution in [0.25, 0.3) is 0 Å². The second-order valence-electron chi connectivity index (χ2n) is 3.41. The van der Waals surface area contributed by atoms with Gasteiger partial charge >= 0.3 is 0 Å². The van der Waals surface area contributed by atoms with Gasteiger partial charge in [-0.1, -0.05) is 31.2 Å². The molecule has 0 aliphatic heterocycles. The SMILES string of the molecule is CCNCCN=CC1(Cl)C=CC=CC1O. The Balaban J connectivity index is 2.42. The summed E-state index contributed by atoms with van der Waals surface area (Å²) in [6.45, 7) is 4.49. The van der Waals surface area contributed by atoms with Crippen molar-refractivity contribution < 1.29 is 5.11 Å². The molecule has 0 aromatic carbocycles. The van der Waals surface area contributed by atoms with Gasteiger partial charge in [-0.3, -0.25) is 4.99 Å². The molecule has 0 radical (unpaired) electrons. The van der Waals surface area contributed by atoms with Gasteiger partial charge < -0.3 is 10.4 Å². The van der Waals surface area contributed by atoms with Gasteiger partial charge in [-0.2, -0.15) is 0 Å². The van der Waals surface area contributed by atoms with Crippen LogP contribution in [0.4, 0.5) is 0 Å². The third kappa shape index (κ3) is 3.78. The number of nitrogens with zero attached hydrogens (tertiary/aromatic N) is 1. The van der Waals surface area contributed by atoms with Gasteiger partial charge in [0.1, 0.15) is 11.0 Å². The van der Waals surface area contributed by atoms with E-state index < -0.39 is 11.0 Å². The van der Waals surface area contributed by atoms with E-state index in [-0.39, 0.29) is 0 Å². The summed E-state index contributed by atoms with van der Waals surface area (Å²) in [5.41, 5.74) is 0. The van der Waals surface area contributed by atoms with Crippen molar-refractivity contribution in [2.24, 2.45) is 4.99 Å². The molecule has 0 saturated carbocycles. The molecule has 0 spiro atoms. The molecule has 2 atom stereocenters. The zero-order valence-corrected chi connectivity index (χ0v) is 9.61. The van der Waals surface area contributed by atoms with E-state index in [4.69, 9.17) is 11.6 Å².